The molecule has 33 heteroatoms. The van der Waals surface area contributed by atoms with E-state index in [1.54, 1.807) is 56.0 Å². The molecule has 1 saturated carbocycles. The molecule has 0 radical (unpaired) electrons. The van der Waals surface area contributed by atoms with Crippen molar-refractivity contribution in [1.29, 1.82) is 0 Å². The molecule has 4 N–H and O–H groups in total. The van der Waals surface area contributed by atoms with Gasteiger partial charge in [-0.2, -0.15) is 40.8 Å². The Morgan fingerprint density at radius 3 is 0.934 bits per heavy atom. The number of anilines is 8. The van der Waals surface area contributed by atoms with E-state index < -0.39 is 11.8 Å². The molecule has 4 amide bonds. The van der Waals surface area contributed by atoms with E-state index in [0.717, 1.165) is 197 Å². The van der Waals surface area contributed by atoms with Gasteiger partial charge in [0.1, 0.15) is 0 Å². The second kappa shape index (κ2) is 34.6. The Labute approximate surface area is 699 Å². The van der Waals surface area contributed by atoms with E-state index in [4.69, 9.17) is 29.5 Å². The van der Waals surface area contributed by atoms with Gasteiger partial charge < -0.3 is 55.1 Å². The molecule has 31 nitrogen and oxygen atoms in total. The molecule has 3 saturated heterocycles. The van der Waals surface area contributed by atoms with Crippen LogP contribution in [0.1, 0.15) is 104 Å². The summed E-state index contributed by atoms with van der Waals surface area (Å²) in [5, 5.41) is 50.1. The minimum Gasteiger partial charge on any atom is -0.381 e. The third kappa shape index (κ3) is 18.1. The van der Waals surface area contributed by atoms with Crippen LogP contribution in [0.15, 0.2) is 147 Å². The number of ether oxygens (including phenoxy) is 3. The number of fused-ring (bicyclic) bond motifs is 4. The number of aryl methyl sites for hydroxylation is 4. The summed E-state index contributed by atoms with van der Waals surface area (Å²) in [4.78, 5) is 55.2. The average Bonchev–Trinajstić information content (AvgIpc) is 1.60. The lowest BCUT2D eigenvalue weighted by Gasteiger charge is -2.29. The van der Waals surface area contributed by atoms with Crippen LogP contribution >= 0.6 is 0 Å². The van der Waals surface area contributed by atoms with E-state index in [1.807, 2.05) is 117 Å². The van der Waals surface area contributed by atoms with Crippen LogP contribution in [0.2, 0.25) is 0 Å². The van der Waals surface area contributed by atoms with E-state index in [0.29, 0.717) is 64.1 Å². The zero-order chi connectivity index (χ0) is 83.7. The first kappa shape index (κ1) is 80.8. The molecule has 8 aromatic heterocycles. The molecule has 4 aromatic carbocycles. The third-order valence-electron chi connectivity index (χ3n) is 24.0. The molecule has 630 valence electrons. The number of halogens is 2. The van der Waals surface area contributed by atoms with E-state index in [9.17, 15) is 28.0 Å². The molecule has 4 fully saturated rings. The lowest BCUT2D eigenvalue weighted by atomic mass is 10.1. The average molecular weight is 1650 g/mol. The highest BCUT2D eigenvalue weighted by Gasteiger charge is 2.57. The molecule has 7 aliphatic heterocycles. The number of carbonyl (C=O) groups excluding carboxylic acids is 4. The van der Waals surface area contributed by atoms with Gasteiger partial charge in [-0.1, -0.05) is 48.5 Å². The van der Waals surface area contributed by atoms with Crippen molar-refractivity contribution in [2.24, 2.45) is 40.0 Å². The predicted octanol–water partition coefficient (Wildman–Crippen LogP) is 12.0. The van der Waals surface area contributed by atoms with Crippen LogP contribution < -0.4 is 21.3 Å². The van der Waals surface area contributed by atoms with Crippen LogP contribution in [0.4, 0.5) is 54.8 Å². The minimum atomic E-state index is -2.59. The highest BCUT2D eigenvalue weighted by Crippen LogP contribution is 2.50. The summed E-state index contributed by atoms with van der Waals surface area (Å²) >= 11 is 0. The van der Waals surface area contributed by atoms with Gasteiger partial charge in [-0.05, 0) is 83.6 Å². The molecule has 1 aliphatic carbocycles. The number of aromatic nitrogens is 16. The predicted molar refractivity (Wildman–Crippen MR) is 452 cm³/mol. The van der Waals surface area contributed by atoms with Crippen LogP contribution in [0.25, 0.3) is 44.5 Å². The largest absolute Gasteiger partial charge is 0.381 e. The first-order chi connectivity index (χ1) is 58.5. The summed E-state index contributed by atoms with van der Waals surface area (Å²) in [5.41, 5.74) is 21.3. The maximum atomic E-state index is 13.5. The molecule has 2 unspecified atom stereocenters. The zero-order valence-corrected chi connectivity index (χ0v) is 69.5. The van der Waals surface area contributed by atoms with Gasteiger partial charge in [-0.25, -0.2) is 8.78 Å². The number of benzene rings is 4. The fourth-order valence-corrected chi connectivity index (χ4v) is 16.8. The fraction of sp³-hybridized carbons (Fsp3) is 0.409. The highest BCUT2D eigenvalue weighted by atomic mass is 19.3. The molecule has 3 atom stereocenters. The quantitative estimate of drug-likeness (QED) is 0.0620. The van der Waals surface area contributed by atoms with Crippen molar-refractivity contribution >= 4 is 69.6 Å². The smallest absolute Gasteiger partial charge is 0.253 e. The van der Waals surface area contributed by atoms with E-state index in [-0.39, 0.29) is 48.7 Å². The van der Waals surface area contributed by atoms with Gasteiger partial charge in [0.05, 0.1) is 96.0 Å². The highest BCUT2D eigenvalue weighted by molar-refractivity contribution is 5.78. The number of nitrogens with zero attached hydrogens (tertiary/aromatic N) is 20. The number of alkyl halides is 2. The zero-order valence-electron chi connectivity index (χ0n) is 69.5. The first-order valence-corrected chi connectivity index (χ1v) is 41.5. The second-order valence-electron chi connectivity index (χ2n) is 32.6. The summed E-state index contributed by atoms with van der Waals surface area (Å²) in [6.45, 7) is 17.1. The maximum absolute atomic E-state index is 13.5. The van der Waals surface area contributed by atoms with Crippen molar-refractivity contribution in [1.82, 2.24) is 97.8 Å². The first-order valence-electron chi connectivity index (χ1n) is 41.5. The minimum absolute atomic E-state index is 0.00102. The van der Waals surface area contributed by atoms with Gasteiger partial charge in [-0.3, -0.25) is 56.6 Å². The van der Waals surface area contributed by atoms with Crippen molar-refractivity contribution in [3.8, 4) is 44.5 Å². The summed E-state index contributed by atoms with van der Waals surface area (Å²) < 4.78 is 58.8. The Morgan fingerprint density at radius 1 is 0.388 bits per heavy atom. The molecule has 0 bridgehead atoms. The molecular weight excluding hydrogens is 1540 g/mol. The molecule has 0 spiro atoms. The van der Waals surface area contributed by atoms with Crippen molar-refractivity contribution in [2.75, 3.05) is 87.1 Å². The number of hydrogen-bond donors (Lipinski definition) is 4. The molecule has 121 heavy (non-hydrogen) atoms. The van der Waals surface area contributed by atoms with Crippen LogP contribution in [-0.2, 0) is 127 Å². The normalized spacial score (nSPS) is 18.1. The summed E-state index contributed by atoms with van der Waals surface area (Å²) in [6, 6.07) is 33.2. The van der Waals surface area contributed by atoms with Crippen molar-refractivity contribution < 1.29 is 42.2 Å². The Hall–Kier alpha value is -12.6. The molecule has 20 rings (SSSR count). The van der Waals surface area contributed by atoms with Crippen molar-refractivity contribution in [2.45, 2.75) is 130 Å². The standard InChI is InChI=1S/C22H24F2N6O.3C22H26N6O2/c1-14(31)29-8-7-20-19(13-29)21(27-30(20)12-17-9-22(17,23)24)26-18-5-3-15(4-6-18)16-10-25-28(2)11-16;2*1-15(29)27-9-7-21-20(13-27)22(25-28(21)19-8-10-30-14-19)24-18-5-3-16(4-6-18)17-11-23-26(2)12-17;1-15(29)27-8-7-21-20(12-27)22(25-28(21)10-16-13-30-14-16)24-19-5-3-17(4-6-19)18-9-23-26(2)11-18/h3-6,10-11,17H,7-9,12-13H2,1-2H3,(H,26,27);2*3-6,11-12,19H,7-10,13-14H2,1-2H3,(H,24,25);3-6,9,11,16H,7-8,10,12-14H2,1-2H3,(H,24,25)/t;19-;;/m.0../s1. The Kier molecular flexibility index (Phi) is 23.1. The second-order valence-corrected chi connectivity index (χ2v) is 32.6. The molecule has 15 heterocycles. The molecular formula is C88H102F2N24O7. The van der Waals surface area contributed by atoms with Gasteiger partial charge in [0.25, 0.3) is 5.92 Å². The van der Waals surface area contributed by atoms with Crippen LogP contribution in [-0.4, -0.2) is 193 Å². The lowest BCUT2D eigenvalue weighted by molar-refractivity contribution is -0.130. The number of rotatable bonds is 18. The van der Waals surface area contributed by atoms with Crippen LogP contribution in [0, 0.1) is 11.8 Å². The Morgan fingerprint density at radius 2 is 0.678 bits per heavy atom. The summed E-state index contributed by atoms with van der Waals surface area (Å²) in [7, 11) is 7.62. The summed E-state index contributed by atoms with van der Waals surface area (Å²) in [6.07, 6.45) is 20.3. The van der Waals surface area contributed by atoms with E-state index in [2.05, 4.69) is 134 Å². The topological polar surface area (TPSA) is 300 Å². The van der Waals surface area contributed by atoms with Gasteiger partial charge in [0.2, 0.25) is 23.6 Å². The van der Waals surface area contributed by atoms with E-state index >= 15 is 0 Å². The number of nitrogens with one attached hydrogen (secondary N) is 4. The maximum Gasteiger partial charge on any atom is 0.253 e. The number of carbonyl (C=O) groups is 4. The Bertz CT molecular complexity index is 5550. The summed E-state index contributed by atoms with van der Waals surface area (Å²) in [5.74, 6) is 0.702. The van der Waals surface area contributed by atoms with Crippen molar-refractivity contribution in [3.05, 3.63) is 192 Å². The van der Waals surface area contributed by atoms with Gasteiger partial charge in [-0.15, -0.1) is 0 Å². The number of amides is 4. The van der Waals surface area contributed by atoms with Gasteiger partial charge in [0, 0.05) is 261 Å². The number of hydrogen-bond acceptors (Lipinski definition) is 19. The lowest BCUT2D eigenvalue weighted by Crippen LogP contribution is -2.36. The monoisotopic (exact) mass is 1640 g/mol. The SMILES string of the molecule is CC(=O)N1CCc2c(c(Nc3ccc(-c4cnn(C)c4)cc3)nn2C2CCOC2)C1.CC(=O)N1CCc2c(c(Nc3ccc(-c4cnn(C)c4)cc3)nn2CC2CC2(F)F)C1.CC(=O)N1CCc2c(c(Nc3ccc(-c4cnn(C)c4)cc3)nn2CC2COC2)C1.CC(=O)N1CCc2c(c(Nc3ccc(-c4cnn(C)c4)cc3)nn2[C@H]2CCOC2)C1. The van der Waals surface area contributed by atoms with Crippen LogP contribution in [0.3, 0.4) is 0 Å². The van der Waals surface area contributed by atoms with Crippen molar-refractivity contribution in [3.63, 3.8) is 0 Å². The van der Waals surface area contributed by atoms with Crippen LogP contribution in [0.5, 0.6) is 0 Å². The third-order valence-corrected chi connectivity index (χ3v) is 24.0. The fourth-order valence-electron chi connectivity index (χ4n) is 16.8. The molecule has 8 aliphatic rings. The Balaban J connectivity index is 0.000000115. The molecule has 12 aromatic rings. The van der Waals surface area contributed by atoms with Gasteiger partial charge >= 0.3 is 0 Å². The van der Waals surface area contributed by atoms with Gasteiger partial charge in [0.15, 0.2) is 23.3 Å². The van der Waals surface area contributed by atoms with E-state index in [1.165, 1.54) is 17.1 Å².